The van der Waals surface area contributed by atoms with E-state index in [-0.39, 0.29) is 21.7 Å². The Kier molecular flexibility index (Phi) is 6.19. The zero-order valence-corrected chi connectivity index (χ0v) is 18.8. The summed E-state index contributed by atoms with van der Waals surface area (Å²) < 4.78 is 25.0. The summed E-state index contributed by atoms with van der Waals surface area (Å²) in [5.74, 6) is 0.0625. The van der Waals surface area contributed by atoms with E-state index in [0.29, 0.717) is 23.0 Å². The first-order valence-electron chi connectivity index (χ1n) is 10.2. The van der Waals surface area contributed by atoms with Crippen LogP contribution in [0.25, 0.3) is 10.9 Å². The monoisotopic (exact) mass is 460 g/mol. The van der Waals surface area contributed by atoms with E-state index in [9.17, 15) is 18.0 Å². The minimum absolute atomic E-state index is 0.102. The van der Waals surface area contributed by atoms with Crippen LogP contribution in [0.4, 0.5) is 5.13 Å². The zero-order valence-electron chi connectivity index (χ0n) is 17.2. The van der Waals surface area contributed by atoms with E-state index < -0.39 is 15.9 Å². The Morgan fingerprint density at radius 2 is 2.03 bits per heavy atom. The summed E-state index contributed by atoms with van der Waals surface area (Å²) in [5.41, 5.74) is -0.0685. The van der Waals surface area contributed by atoms with Crippen molar-refractivity contribution in [3.8, 4) is 0 Å². The van der Waals surface area contributed by atoms with Crippen LogP contribution in [-0.2, 0) is 14.6 Å². The number of anilines is 1. The minimum Gasteiger partial charge on any atom is -0.300 e. The van der Waals surface area contributed by atoms with E-state index >= 15 is 0 Å². The lowest BCUT2D eigenvalue weighted by Crippen LogP contribution is -2.35. The first-order chi connectivity index (χ1) is 14.8. The van der Waals surface area contributed by atoms with Gasteiger partial charge in [-0.05, 0) is 30.5 Å². The number of rotatable bonds is 6. The molecule has 1 aliphatic rings. The minimum atomic E-state index is -3.41. The van der Waals surface area contributed by atoms with E-state index in [0.717, 1.165) is 31.9 Å². The number of benzene rings is 1. The first-order valence-corrected chi connectivity index (χ1v) is 13.0. The molecule has 0 spiro atoms. The van der Waals surface area contributed by atoms with Crippen LogP contribution in [0.15, 0.2) is 45.8 Å². The molecule has 164 valence electrons. The van der Waals surface area contributed by atoms with Gasteiger partial charge in [0, 0.05) is 17.8 Å². The number of sulfone groups is 1. The van der Waals surface area contributed by atoms with E-state index in [1.54, 1.807) is 11.6 Å². The number of hydrogen-bond donors (Lipinski definition) is 1. The van der Waals surface area contributed by atoms with Crippen LogP contribution >= 0.6 is 11.3 Å². The molecule has 1 aliphatic carbocycles. The largest absolute Gasteiger partial charge is 0.300 e. The quantitative estimate of drug-likeness (QED) is 0.603. The normalized spacial score (nSPS) is 16.3. The van der Waals surface area contributed by atoms with Gasteiger partial charge in [-0.1, -0.05) is 32.1 Å². The fourth-order valence-electron chi connectivity index (χ4n) is 4.13. The van der Waals surface area contributed by atoms with E-state index in [2.05, 4.69) is 15.3 Å². The maximum Gasteiger partial charge on any atom is 0.261 e. The Labute approximate surface area is 184 Å². The number of carbonyl (C=O) groups is 1. The molecule has 1 fully saturated rings. The van der Waals surface area contributed by atoms with Crippen LogP contribution in [0.3, 0.4) is 0 Å². The molecule has 0 aliphatic heterocycles. The molecule has 4 rings (SSSR count). The van der Waals surface area contributed by atoms with E-state index in [1.165, 1.54) is 46.9 Å². The smallest absolute Gasteiger partial charge is 0.261 e. The van der Waals surface area contributed by atoms with Crippen molar-refractivity contribution in [2.75, 3.05) is 11.6 Å². The second-order valence-corrected chi connectivity index (χ2v) is 10.9. The van der Waals surface area contributed by atoms with Crippen molar-refractivity contribution in [2.24, 2.45) is 5.92 Å². The van der Waals surface area contributed by atoms with E-state index in [4.69, 9.17) is 0 Å². The maximum absolute atomic E-state index is 13.3. The summed E-state index contributed by atoms with van der Waals surface area (Å²) in [7, 11) is -3.41. The highest BCUT2D eigenvalue weighted by Crippen LogP contribution is 2.31. The molecule has 1 saturated carbocycles. The summed E-state index contributed by atoms with van der Waals surface area (Å²) >= 11 is 1.32. The van der Waals surface area contributed by atoms with Crippen molar-refractivity contribution < 1.29 is 13.2 Å². The third-order valence-electron chi connectivity index (χ3n) is 5.77. The summed E-state index contributed by atoms with van der Waals surface area (Å²) in [6, 6.07) is 3.54. The number of carbonyl (C=O) groups excluding carboxylic acids is 1. The van der Waals surface area contributed by atoms with Crippen molar-refractivity contribution in [3.63, 3.8) is 0 Å². The fraction of sp³-hybridized carbons (Fsp3) is 0.429. The predicted octanol–water partition coefficient (Wildman–Crippen LogP) is 3.41. The molecule has 1 N–H and O–H groups in total. The molecule has 2 heterocycles. The Morgan fingerprint density at radius 1 is 1.26 bits per heavy atom. The van der Waals surface area contributed by atoms with Crippen LogP contribution in [0, 0.1) is 5.92 Å². The molecule has 1 amide bonds. The molecule has 3 aromatic rings. The van der Waals surface area contributed by atoms with Crippen molar-refractivity contribution in [3.05, 3.63) is 46.5 Å². The highest BCUT2D eigenvalue weighted by atomic mass is 32.2. The van der Waals surface area contributed by atoms with Gasteiger partial charge < -0.3 is 5.32 Å². The number of amides is 1. The second kappa shape index (κ2) is 8.88. The zero-order chi connectivity index (χ0) is 22.0. The molecule has 2 aromatic heterocycles. The number of aromatic nitrogens is 3. The topological polar surface area (TPSA) is 111 Å². The van der Waals surface area contributed by atoms with Crippen LogP contribution in [0.5, 0.6) is 0 Å². The molecular weight excluding hydrogens is 436 g/mol. The van der Waals surface area contributed by atoms with Crippen LogP contribution < -0.4 is 10.9 Å². The average molecular weight is 461 g/mol. The molecule has 8 nitrogen and oxygen atoms in total. The fourth-order valence-corrected chi connectivity index (χ4v) is 5.30. The Bertz CT molecular complexity index is 1250. The van der Waals surface area contributed by atoms with Crippen molar-refractivity contribution in [2.45, 2.75) is 49.5 Å². The summed E-state index contributed by atoms with van der Waals surface area (Å²) in [5, 5.41) is 5.36. The lowest BCUT2D eigenvalue weighted by molar-refractivity contribution is -0.120. The van der Waals surface area contributed by atoms with Gasteiger partial charge in [-0.25, -0.2) is 18.4 Å². The highest BCUT2D eigenvalue weighted by Gasteiger charge is 2.28. The highest BCUT2D eigenvalue weighted by molar-refractivity contribution is 7.90. The molecular formula is C21H24N4O4S2. The number of fused-ring (bicyclic) bond motifs is 1. The second-order valence-electron chi connectivity index (χ2n) is 7.99. The van der Waals surface area contributed by atoms with Gasteiger partial charge in [-0.3, -0.25) is 14.2 Å². The third kappa shape index (κ3) is 4.85. The molecule has 0 bridgehead atoms. The lowest BCUT2D eigenvalue weighted by Gasteiger charge is -2.27. The van der Waals surface area contributed by atoms with Crippen molar-refractivity contribution in [1.29, 1.82) is 0 Å². The number of nitrogens with one attached hydrogen (secondary N) is 1. The van der Waals surface area contributed by atoms with Gasteiger partial charge in [0.15, 0.2) is 15.0 Å². The molecule has 0 unspecified atom stereocenters. The maximum atomic E-state index is 13.3. The summed E-state index contributed by atoms with van der Waals surface area (Å²) in [6.45, 7) is 0. The number of nitrogens with zero attached hydrogens (tertiary/aromatic N) is 3. The van der Waals surface area contributed by atoms with Gasteiger partial charge >= 0.3 is 0 Å². The van der Waals surface area contributed by atoms with Crippen LogP contribution in [-0.4, -0.2) is 35.1 Å². The molecule has 10 heteroatoms. The lowest BCUT2D eigenvalue weighted by atomic mass is 9.84. The molecule has 0 radical (unpaired) electrons. The van der Waals surface area contributed by atoms with E-state index in [1.807, 2.05) is 0 Å². The molecule has 0 saturated heterocycles. The Hall–Kier alpha value is -2.59. The van der Waals surface area contributed by atoms with Crippen LogP contribution in [0.1, 0.15) is 44.6 Å². The van der Waals surface area contributed by atoms with Gasteiger partial charge in [-0.15, -0.1) is 11.3 Å². The van der Waals surface area contributed by atoms with Gasteiger partial charge in [0.25, 0.3) is 5.56 Å². The molecule has 1 atom stereocenters. The first kappa shape index (κ1) is 21.6. The summed E-state index contributed by atoms with van der Waals surface area (Å²) in [6.07, 6.45) is 10.2. The number of hydrogen-bond acceptors (Lipinski definition) is 7. The predicted molar refractivity (Wildman–Crippen MR) is 120 cm³/mol. The molecule has 31 heavy (non-hydrogen) atoms. The Balaban J connectivity index is 1.72. The Morgan fingerprint density at radius 3 is 2.71 bits per heavy atom. The van der Waals surface area contributed by atoms with Crippen molar-refractivity contribution in [1.82, 2.24) is 14.5 Å². The average Bonchev–Trinajstić information content (AvgIpc) is 3.25. The standard InChI is InChI=1S/C21H24N4O4S2/c1-31(28,29)15-7-8-16-17(12-15)23-13-25(20(16)27)18(11-14-5-3-2-4-6-14)19(26)24-21-22-9-10-30-21/h7-10,12-14,18H,2-6,11H2,1H3,(H,22,24,26)/t18-/m0/s1. The van der Waals surface area contributed by atoms with Gasteiger partial charge in [0.1, 0.15) is 6.04 Å². The molecule has 1 aromatic carbocycles. The van der Waals surface area contributed by atoms with Gasteiger partial charge in [-0.2, -0.15) is 0 Å². The van der Waals surface area contributed by atoms with Crippen molar-refractivity contribution >= 4 is 43.1 Å². The third-order valence-corrected chi connectivity index (χ3v) is 7.56. The summed E-state index contributed by atoms with van der Waals surface area (Å²) in [4.78, 5) is 34.9. The van der Waals surface area contributed by atoms with Gasteiger partial charge in [0.05, 0.1) is 22.1 Å². The van der Waals surface area contributed by atoms with Gasteiger partial charge in [0.2, 0.25) is 5.91 Å². The SMILES string of the molecule is CS(=O)(=O)c1ccc2c(=O)n([C@@H](CC3CCCCC3)C(=O)Nc3nccs3)cnc2c1. The van der Waals surface area contributed by atoms with Crippen LogP contribution in [0.2, 0.25) is 0 Å². The number of thiazole rings is 1.